The molecule has 1 aromatic rings. The molecule has 0 unspecified atom stereocenters. The molecule has 0 saturated carbocycles. The molecule has 0 amide bonds. The SMILES string of the molecule is COC(C)(C)CCC(=O)c1ccc(Br)cc1Br. The second-order valence-corrected chi connectivity index (χ2v) is 6.28. The van der Waals surface area contributed by atoms with E-state index in [1.165, 1.54) is 0 Å². The Morgan fingerprint density at radius 1 is 1.35 bits per heavy atom. The number of rotatable bonds is 5. The van der Waals surface area contributed by atoms with Crippen molar-refractivity contribution in [3.63, 3.8) is 0 Å². The molecular formula is C13H16Br2O2. The lowest BCUT2D eigenvalue weighted by Gasteiger charge is -2.22. The van der Waals surface area contributed by atoms with Crippen molar-refractivity contribution < 1.29 is 9.53 Å². The number of ketones is 1. The summed E-state index contributed by atoms with van der Waals surface area (Å²) in [6.45, 7) is 3.97. The fourth-order valence-electron chi connectivity index (χ4n) is 1.37. The average Bonchev–Trinajstić information content (AvgIpc) is 2.26. The molecule has 0 bridgehead atoms. The predicted molar refractivity (Wildman–Crippen MR) is 76.5 cm³/mol. The quantitative estimate of drug-likeness (QED) is 0.714. The molecule has 0 spiro atoms. The van der Waals surface area contributed by atoms with Crippen LogP contribution in [-0.2, 0) is 4.74 Å². The predicted octanol–water partition coefficient (Wildman–Crippen LogP) is 4.60. The normalized spacial score (nSPS) is 11.6. The molecule has 17 heavy (non-hydrogen) atoms. The summed E-state index contributed by atoms with van der Waals surface area (Å²) in [5.41, 5.74) is 0.470. The molecule has 1 rings (SSSR count). The highest BCUT2D eigenvalue weighted by Crippen LogP contribution is 2.25. The van der Waals surface area contributed by atoms with Crippen molar-refractivity contribution in [1.29, 1.82) is 0 Å². The standard InChI is InChI=1S/C13H16Br2O2/c1-13(2,17-3)7-6-12(16)10-5-4-9(14)8-11(10)15/h4-5,8H,6-7H2,1-3H3. The van der Waals surface area contributed by atoms with Gasteiger partial charge in [-0.1, -0.05) is 31.9 Å². The van der Waals surface area contributed by atoms with Gasteiger partial charge in [0.15, 0.2) is 5.78 Å². The summed E-state index contributed by atoms with van der Waals surface area (Å²) in [4.78, 5) is 12.0. The third-order valence-corrected chi connectivity index (χ3v) is 3.89. The van der Waals surface area contributed by atoms with Crippen LogP contribution in [0.5, 0.6) is 0 Å². The van der Waals surface area contributed by atoms with Gasteiger partial charge in [0.25, 0.3) is 0 Å². The number of hydrogen-bond acceptors (Lipinski definition) is 2. The Hall–Kier alpha value is -0.190. The van der Waals surface area contributed by atoms with Crippen molar-refractivity contribution in [2.45, 2.75) is 32.3 Å². The second-order valence-electron chi connectivity index (χ2n) is 4.51. The molecule has 0 radical (unpaired) electrons. The van der Waals surface area contributed by atoms with Gasteiger partial charge in [-0.25, -0.2) is 0 Å². The molecule has 0 heterocycles. The zero-order valence-electron chi connectivity index (χ0n) is 10.2. The zero-order valence-corrected chi connectivity index (χ0v) is 13.4. The summed E-state index contributed by atoms with van der Waals surface area (Å²) in [6, 6.07) is 5.59. The lowest BCUT2D eigenvalue weighted by molar-refractivity contribution is 0.0141. The first kappa shape index (κ1) is 14.9. The minimum atomic E-state index is -0.252. The number of hydrogen-bond donors (Lipinski definition) is 0. The van der Waals surface area contributed by atoms with Gasteiger partial charge in [-0.2, -0.15) is 0 Å². The number of ether oxygens (including phenoxy) is 1. The van der Waals surface area contributed by atoms with E-state index in [0.29, 0.717) is 12.8 Å². The number of benzene rings is 1. The highest BCUT2D eigenvalue weighted by atomic mass is 79.9. The van der Waals surface area contributed by atoms with E-state index >= 15 is 0 Å². The van der Waals surface area contributed by atoms with Crippen molar-refractivity contribution in [1.82, 2.24) is 0 Å². The van der Waals surface area contributed by atoms with Crippen LogP contribution in [0.2, 0.25) is 0 Å². The summed E-state index contributed by atoms with van der Waals surface area (Å²) < 4.78 is 7.08. The van der Waals surface area contributed by atoms with E-state index in [9.17, 15) is 4.79 Å². The average molecular weight is 364 g/mol. The molecule has 4 heteroatoms. The Labute approximate surface area is 119 Å². The molecule has 1 aromatic carbocycles. The molecule has 0 aliphatic carbocycles. The summed E-state index contributed by atoms with van der Waals surface area (Å²) >= 11 is 6.77. The summed E-state index contributed by atoms with van der Waals surface area (Å²) in [5, 5.41) is 0. The molecule has 0 N–H and O–H groups in total. The van der Waals surface area contributed by atoms with E-state index in [4.69, 9.17) is 4.74 Å². The molecule has 2 nitrogen and oxygen atoms in total. The molecule has 0 atom stereocenters. The lowest BCUT2D eigenvalue weighted by Crippen LogP contribution is -2.23. The Morgan fingerprint density at radius 2 is 2.00 bits per heavy atom. The maximum Gasteiger partial charge on any atom is 0.164 e. The van der Waals surface area contributed by atoms with Crippen LogP contribution >= 0.6 is 31.9 Å². The van der Waals surface area contributed by atoms with E-state index < -0.39 is 0 Å². The molecule has 94 valence electrons. The first-order valence-electron chi connectivity index (χ1n) is 5.39. The van der Waals surface area contributed by atoms with Crippen LogP contribution < -0.4 is 0 Å². The molecule has 0 saturated heterocycles. The Morgan fingerprint density at radius 3 is 2.53 bits per heavy atom. The van der Waals surface area contributed by atoms with Gasteiger partial charge in [0.1, 0.15) is 0 Å². The van der Waals surface area contributed by atoms with Gasteiger partial charge in [-0.3, -0.25) is 4.79 Å². The highest BCUT2D eigenvalue weighted by Gasteiger charge is 2.19. The van der Waals surface area contributed by atoms with Gasteiger partial charge in [0, 0.05) is 28.0 Å². The minimum absolute atomic E-state index is 0.134. The third kappa shape index (κ3) is 4.53. The maximum absolute atomic E-state index is 12.0. The van der Waals surface area contributed by atoms with E-state index in [1.807, 2.05) is 32.0 Å². The molecule has 0 aliphatic rings. The van der Waals surface area contributed by atoms with Gasteiger partial charge in [0.2, 0.25) is 0 Å². The largest absolute Gasteiger partial charge is 0.379 e. The monoisotopic (exact) mass is 362 g/mol. The number of carbonyl (C=O) groups excluding carboxylic acids is 1. The number of halogens is 2. The van der Waals surface area contributed by atoms with Crippen molar-refractivity contribution in [2.24, 2.45) is 0 Å². The van der Waals surface area contributed by atoms with Crippen molar-refractivity contribution in [3.05, 3.63) is 32.7 Å². The molecule has 0 aliphatic heterocycles. The van der Waals surface area contributed by atoms with Gasteiger partial charge in [0.05, 0.1) is 5.60 Å². The smallest absolute Gasteiger partial charge is 0.164 e. The number of methoxy groups -OCH3 is 1. The highest BCUT2D eigenvalue weighted by molar-refractivity contribution is 9.11. The van der Waals surface area contributed by atoms with Crippen LogP contribution in [0.25, 0.3) is 0 Å². The topological polar surface area (TPSA) is 26.3 Å². The fraction of sp³-hybridized carbons (Fsp3) is 0.462. The Kier molecular flexibility index (Phi) is 5.35. The summed E-state index contributed by atoms with van der Waals surface area (Å²) in [5.74, 6) is 0.134. The van der Waals surface area contributed by atoms with Crippen LogP contribution in [0.1, 0.15) is 37.0 Å². The van der Waals surface area contributed by atoms with E-state index in [-0.39, 0.29) is 11.4 Å². The van der Waals surface area contributed by atoms with Gasteiger partial charge < -0.3 is 4.74 Å². The van der Waals surface area contributed by atoms with E-state index in [2.05, 4.69) is 31.9 Å². The maximum atomic E-state index is 12.0. The van der Waals surface area contributed by atoms with Gasteiger partial charge >= 0.3 is 0 Å². The Bertz CT molecular complexity index is 414. The van der Waals surface area contributed by atoms with Crippen molar-refractivity contribution in [3.8, 4) is 0 Å². The Balaban J connectivity index is 2.71. The van der Waals surface area contributed by atoms with Crippen LogP contribution in [0.4, 0.5) is 0 Å². The summed E-state index contributed by atoms with van der Waals surface area (Å²) in [7, 11) is 1.67. The van der Waals surface area contributed by atoms with E-state index in [0.717, 1.165) is 14.5 Å². The van der Waals surface area contributed by atoms with Crippen LogP contribution in [0, 0.1) is 0 Å². The van der Waals surface area contributed by atoms with Crippen LogP contribution in [0.3, 0.4) is 0 Å². The first-order chi connectivity index (χ1) is 7.85. The van der Waals surface area contributed by atoms with Crippen LogP contribution in [-0.4, -0.2) is 18.5 Å². The second kappa shape index (κ2) is 6.12. The lowest BCUT2D eigenvalue weighted by atomic mass is 9.98. The fourth-order valence-corrected chi connectivity index (χ4v) is 2.64. The van der Waals surface area contributed by atoms with E-state index in [1.54, 1.807) is 7.11 Å². The number of Topliss-reactive ketones (excluding diaryl/α,β-unsaturated/α-hetero) is 1. The summed E-state index contributed by atoms with van der Waals surface area (Å²) in [6.07, 6.45) is 1.20. The number of carbonyl (C=O) groups is 1. The molecule has 0 fully saturated rings. The third-order valence-electron chi connectivity index (χ3n) is 2.74. The van der Waals surface area contributed by atoms with Crippen molar-refractivity contribution in [2.75, 3.05) is 7.11 Å². The first-order valence-corrected chi connectivity index (χ1v) is 6.98. The van der Waals surface area contributed by atoms with Crippen LogP contribution in [0.15, 0.2) is 27.1 Å². The zero-order chi connectivity index (χ0) is 13.1. The van der Waals surface area contributed by atoms with Gasteiger partial charge in [-0.05, 0) is 38.5 Å². The minimum Gasteiger partial charge on any atom is -0.379 e. The van der Waals surface area contributed by atoms with Crippen molar-refractivity contribution >= 4 is 37.6 Å². The molecular weight excluding hydrogens is 348 g/mol. The molecule has 0 aromatic heterocycles. The van der Waals surface area contributed by atoms with Gasteiger partial charge in [-0.15, -0.1) is 0 Å².